The Morgan fingerprint density at radius 1 is 1.00 bits per heavy atom. The molecule has 0 unspecified atom stereocenters. The van der Waals surface area contributed by atoms with Crippen LogP contribution in [0.3, 0.4) is 0 Å². The summed E-state index contributed by atoms with van der Waals surface area (Å²) in [6, 6.07) is 16.3. The van der Waals surface area contributed by atoms with E-state index in [0.29, 0.717) is 6.61 Å². The minimum absolute atomic E-state index is 0.548. The van der Waals surface area contributed by atoms with Crippen molar-refractivity contribution in [2.45, 2.75) is 6.61 Å². The summed E-state index contributed by atoms with van der Waals surface area (Å²) in [7, 11) is 1.68. The van der Waals surface area contributed by atoms with E-state index in [1.54, 1.807) is 7.11 Å². The Hall–Kier alpha value is -1.80. The number of anilines is 1. The molecule has 2 aromatic carbocycles. The van der Waals surface area contributed by atoms with Gasteiger partial charge in [-0.25, -0.2) is 0 Å². The zero-order valence-electron chi connectivity index (χ0n) is 9.31. The first-order valence-corrected chi connectivity index (χ1v) is 5.24. The summed E-state index contributed by atoms with van der Waals surface area (Å²) in [5.74, 6) is 0. The van der Waals surface area contributed by atoms with Crippen molar-refractivity contribution in [1.29, 1.82) is 0 Å². The van der Waals surface area contributed by atoms with Gasteiger partial charge in [0.1, 0.15) is 0 Å². The summed E-state index contributed by atoms with van der Waals surface area (Å²) in [4.78, 5) is 0. The highest BCUT2D eigenvalue weighted by molar-refractivity contribution is 5.67. The van der Waals surface area contributed by atoms with Gasteiger partial charge in [-0.05, 0) is 23.3 Å². The predicted molar refractivity (Wildman–Crippen MR) is 67.0 cm³/mol. The maximum atomic E-state index is 5.87. The minimum atomic E-state index is 0.548. The SMILES string of the molecule is COCc1cc(-c2ccccc2)ccc1N. The molecule has 16 heavy (non-hydrogen) atoms. The zero-order valence-corrected chi connectivity index (χ0v) is 9.31. The summed E-state index contributed by atoms with van der Waals surface area (Å²) < 4.78 is 5.12. The molecule has 82 valence electrons. The largest absolute Gasteiger partial charge is 0.398 e. The third-order valence-electron chi connectivity index (χ3n) is 2.55. The highest BCUT2D eigenvalue weighted by atomic mass is 16.5. The highest BCUT2D eigenvalue weighted by Crippen LogP contribution is 2.23. The van der Waals surface area contributed by atoms with E-state index in [4.69, 9.17) is 10.5 Å². The van der Waals surface area contributed by atoms with Crippen LogP contribution in [0.25, 0.3) is 11.1 Å². The molecule has 0 heterocycles. The van der Waals surface area contributed by atoms with Crippen LogP contribution in [0.4, 0.5) is 5.69 Å². The summed E-state index contributed by atoms with van der Waals surface area (Å²) in [6.07, 6.45) is 0. The predicted octanol–water partition coefficient (Wildman–Crippen LogP) is 3.08. The van der Waals surface area contributed by atoms with Gasteiger partial charge in [0.2, 0.25) is 0 Å². The minimum Gasteiger partial charge on any atom is -0.398 e. The van der Waals surface area contributed by atoms with Crippen molar-refractivity contribution in [1.82, 2.24) is 0 Å². The first-order valence-electron chi connectivity index (χ1n) is 5.24. The van der Waals surface area contributed by atoms with Gasteiger partial charge in [-0.3, -0.25) is 0 Å². The van der Waals surface area contributed by atoms with Gasteiger partial charge in [-0.2, -0.15) is 0 Å². The van der Waals surface area contributed by atoms with Crippen molar-refractivity contribution in [2.24, 2.45) is 0 Å². The van der Waals surface area contributed by atoms with E-state index < -0.39 is 0 Å². The lowest BCUT2D eigenvalue weighted by atomic mass is 10.0. The van der Waals surface area contributed by atoms with Crippen LogP contribution in [-0.4, -0.2) is 7.11 Å². The maximum absolute atomic E-state index is 5.87. The smallest absolute Gasteiger partial charge is 0.0733 e. The van der Waals surface area contributed by atoms with Crippen molar-refractivity contribution in [2.75, 3.05) is 12.8 Å². The Kier molecular flexibility index (Phi) is 3.22. The molecule has 0 fully saturated rings. The number of hydrogen-bond acceptors (Lipinski definition) is 2. The maximum Gasteiger partial charge on any atom is 0.0733 e. The molecule has 0 spiro atoms. The topological polar surface area (TPSA) is 35.2 Å². The summed E-state index contributed by atoms with van der Waals surface area (Å²) in [6.45, 7) is 0.548. The van der Waals surface area contributed by atoms with E-state index in [1.807, 2.05) is 30.3 Å². The fourth-order valence-electron chi connectivity index (χ4n) is 1.70. The molecule has 0 aromatic heterocycles. The van der Waals surface area contributed by atoms with E-state index in [1.165, 1.54) is 11.1 Å². The molecular weight excluding hydrogens is 198 g/mol. The fourth-order valence-corrected chi connectivity index (χ4v) is 1.70. The van der Waals surface area contributed by atoms with Crippen LogP contribution in [0.5, 0.6) is 0 Å². The van der Waals surface area contributed by atoms with Crippen LogP contribution in [-0.2, 0) is 11.3 Å². The normalized spacial score (nSPS) is 10.3. The van der Waals surface area contributed by atoms with Gasteiger partial charge in [0, 0.05) is 18.4 Å². The van der Waals surface area contributed by atoms with Gasteiger partial charge in [0.05, 0.1) is 6.61 Å². The molecule has 0 saturated carbocycles. The van der Waals surface area contributed by atoms with Gasteiger partial charge >= 0.3 is 0 Å². The molecule has 0 saturated heterocycles. The third-order valence-corrected chi connectivity index (χ3v) is 2.55. The molecule has 0 atom stereocenters. The Balaban J connectivity index is 2.40. The average molecular weight is 213 g/mol. The van der Waals surface area contributed by atoms with Crippen molar-refractivity contribution in [3.05, 3.63) is 54.1 Å². The van der Waals surface area contributed by atoms with E-state index in [0.717, 1.165) is 11.3 Å². The summed E-state index contributed by atoms with van der Waals surface area (Å²) in [5, 5.41) is 0. The molecule has 0 bridgehead atoms. The lowest BCUT2D eigenvalue weighted by Crippen LogP contribution is -1.96. The highest BCUT2D eigenvalue weighted by Gasteiger charge is 2.02. The number of hydrogen-bond donors (Lipinski definition) is 1. The Morgan fingerprint density at radius 2 is 1.75 bits per heavy atom. The van der Waals surface area contributed by atoms with Crippen molar-refractivity contribution >= 4 is 5.69 Å². The molecular formula is C14H15NO. The lowest BCUT2D eigenvalue weighted by molar-refractivity contribution is 0.185. The van der Waals surface area contributed by atoms with Crippen LogP contribution in [0.15, 0.2) is 48.5 Å². The molecule has 0 amide bonds. The van der Waals surface area contributed by atoms with Crippen LogP contribution in [0.2, 0.25) is 0 Å². The van der Waals surface area contributed by atoms with Gasteiger partial charge in [0.25, 0.3) is 0 Å². The van der Waals surface area contributed by atoms with Gasteiger partial charge in [0.15, 0.2) is 0 Å². The number of ether oxygens (including phenoxy) is 1. The van der Waals surface area contributed by atoms with Crippen molar-refractivity contribution < 1.29 is 4.74 Å². The second-order valence-corrected chi connectivity index (χ2v) is 3.71. The van der Waals surface area contributed by atoms with E-state index in [2.05, 4.69) is 18.2 Å². The molecule has 0 aliphatic carbocycles. The number of nitrogen functional groups attached to an aromatic ring is 1. The quantitative estimate of drug-likeness (QED) is 0.795. The molecule has 2 rings (SSSR count). The molecule has 2 heteroatoms. The molecule has 2 N–H and O–H groups in total. The molecule has 2 aromatic rings. The third kappa shape index (κ3) is 2.23. The number of benzene rings is 2. The zero-order chi connectivity index (χ0) is 11.4. The van der Waals surface area contributed by atoms with E-state index in [-0.39, 0.29) is 0 Å². The van der Waals surface area contributed by atoms with Crippen molar-refractivity contribution in [3.63, 3.8) is 0 Å². The Morgan fingerprint density at radius 3 is 2.44 bits per heavy atom. The first-order chi connectivity index (χ1) is 7.81. The van der Waals surface area contributed by atoms with Crippen LogP contribution in [0, 0.1) is 0 Å². The number of methoxy groups -OCH3 is 1. The first kappa shape index (κ1) is 10.7. The van der Waals surface area contributed by atoms with Gasteiger partial charge in [-0.15, -0.1) is 0 Å². The number of nitrogens with two attached hydrogens (primary N) is 1. The standard InChI is InChI=1S/C14H15NO/c1-16-10-13-9-12(7-8-14(13)15)11-5-3-2-4-6-11/h2-9H,10,15H2,1H3. The summed E-state index contributed by atoms with van der Waals surface area (Å²) in [5.41, 5.74) is 10.0. The average Bonchev–Trinajstić information content (AvgIpc) is 2.33. The second-order valence-electron chi connectivity index (χ2n) is 3.71. The summed E-state index contributed by atoms with van der Waals surface area (Å²) >= 11 is 0. The molecule has 0 aliphatic heterocycles. The number of rotatable bonds is 3. The lowest BCUT2D eigenvalue weighted by Gasteiger charge is -2.08. The molecule has 0 aliphatic rings. The molecule has 2 nitrogen and oxygen atoms in total. The van der Waals surface area contributed by atoms with Gasteiger partial charge < -0.3 is 10.5 Å². The Bertz CT molecular complexity index is 465. The van der Waals surface area contributed by atoms with Crippen molar-refractivity contribution in [3.8, 4) is 11.1 Å². The van der Waals surface area contributed by atoms with E-state index >= 15 is 0 Å². The van der Waals surface area contributed by atoms with E-state index in [9.17, 15) is 0 Å². The van der Waals surface area contributed by atoms with Crippen LogP contribution >= 0.6 is 0 Å². The van der Waals surface area contributed by atoms with Crippen LogP contribution in [0.1, 0.15) is 5.56 Å². The van der Waals surface area contributed by atoms with Crippen LogP contribution < -0.4 is 5.73 Å². The Labute approximate surface area is 95.7 Å². The fraction of sp³-hybridized carbons (Fsp3) is 0.143. The molecule has 0 radical (unpaired) electrons. The monoisotopic (exact) mass is 213 g/mol. The van der Waals surface area contributed by atoms with Gasteiger partial charge in [-0.1, -0.05) is 36.4 Å². The second kappa shape index (κ2) is 4.81.